The van der Waals surface area contributed by atoms with Crippen LogP contribution in [0.2, 0.25) is 20.1 Å². The molecular weight excluding hydrogens is 510 g/mol. The van der Waals surface area contributed by atoms with Crippen LogP contribution in [0.1, 0.15) is 37.8 Å². The standard InChI is InChI=1S/C23H26Cl4N2O2S/c1-3-9-28-23(31)21(4-2)29(12-15-5-8-18(25)20(27)10-15)22(30)14-32-13-16-6-7-17(24)11-19(16)26/h5-8,10-11,21H,3-4,9,12-14H2,1-2H3,(H,28,31)/t21-/m0/s1. The molecule has 2 rings (SSSR count). The van der Waals surface area contributed by atoms with Crippen molar-refractivity contribution in [3.8, 4) is 0 Å². The Morgan fingerprint density at radius 3 is 2.38 bits per heavy atom. The van der Waals surface area contributed by atoms with Gasteiger partial charge in [-0.3, -0.25) is 9.59 Å². The molecule has 0 heterocycles. The molecule has 0 saturated carbocycles. The molecule has 2 aromatic rings. The summed E-state index contributed by atoms with van der Waals surface area (Å²) in [6.07, 6.45) is 1.32. The fourth-order valence-electron chi connectivity index (χ4n) is 3.09. The van der Waals surface area contributed by atoms with Gasteiger partial charge in [0.15, 0.2) is 0 Å². The Hall–Kier alpha value is -1.11. The zero-order valence-corrected chi connectivity index (χ0v) is 21.8. The SMILES string of the molecule is CCCNC(=O)[C@H](CC)N(Cc1ccc(Cl)c(Cl)c1)C(=O)CSCc1ccc(Cl)cc1Cl. The van der Waals surface area contributed by atoms with Gasteiger partial charge in [-0.2, -0.15) is 0 Å². The Balaban J connectivity index is 2.16. The van der Waals surface area contributed by atoms with Crippen LogP contribution in [-0.2, 0) is 21.9 Å². The van der Waals surface area contributed by atoms with Crippen molar-refractivity contribution >= 4 is 70.0 Å². The lowest BCUT2D eigenvalue weighted by Gasteiger charge is -2.30. The van der Waals surface area contributed by atoms with Crippen molar-refractivity contribution in [2.45, 2.75) is 45.0 Å². The van der Waals surface area contributed by atoms with Gasteiger partial charge in [0.2, 0.25) is 11.8 Å². The van der Waals surface area contributed by atoms with Crippen LogP contribution in [0.3, 0.4) is 0 Å². The second kappa shape index (κ2) is 13.6. The van der Waals surface area contributed by atoms with Crippen molar-refractivity contribution in [2.24, 2.45) is 0 Å². The first-order valence-corrected chi connectivity index (χ1v) is 13.0. The van der Waals surface area contributed by atoms with E-state index in [0.717, 1.165) is 17.5 Å². The summed E-state index contributed by atoms with van der Waals surface area (Å²) < 4.78 is 0. The molecular formula is C23H26Cl4N2O2S. The minimum atomic E-state index is -0.580. The van der Waals surface area contributed by atoms with Crippen molar-refractivity contribution in [2.75, 3.05) is 12.3 Å². The summed E-state index contributed by atoms with van der Waals surface area (Å²) in [7, 11) is 0. The Bertz CT molecular complexity index is 942. The van der Waals surface area contributed by atoms with E-state index in [1.807, 2.05) is 26.0 Å². The van der Waals surface area contributed by atoms with Crippen LogP contribution in [0.15, 0.2) is 36.4 Å². The summed E-state index contributed by atoms with van der Waals surface area (Å²) in [6, 6.07) is 9.95. The van der Waals surface area contributed by atoms with E-state index in [1.165, 1.54) is 11.8 Å². The summed E-state index contributed by atoms with van der Waals surface area (Å²) in [6.45, 7) is 4.70. The van der Waals surface area contributed by atoms with E-state index in [9.17, 15) is 9.59 Å². The van der Waals surface area contributed by atoms with Gasteiger partial charge in [-0.15, -0.1) is 11.8 Å². The van der Waals surface area contributed by atoms with E-state index in [1.54, 1.807) is 29.2 Å². The number of hydrogen-bond acceptors (Lipinski definition) is 3. The normalized spacial score (nSPS) is 11.8. The molecule has 1 N–H and O–H groups in total. The molecule has 1 atom stereocenters. The summed E-state index contributed by atoms with van der Waals surface area (Å²) >= 11 is 25.8. The Labute approximate surface area is 213 Å². The van der Waals surface area contributed by atoms with E-state index >= 15 is 0 Å². The third-order valence-electron chi connectivity index (χ3n) is 4.77. The van der Waals surface area contributed by atoms with E-state index in [4.69, 9.17) is 46.4 Å². The first kappa shape index (κ1) is 27.1. The van der Waals surface area contributed by atoms with Gasteiger partial charge in [0.25, 0.3) is 0 Å². The van der Waals surface area contributed by atoms with Crippen LogP contribution < -0.4 is 5.32 Å². The highest BCUT2D eigenvalue weighted by molar-refractivity contribution is 7.99. The molecule has 2 aromatic carbocycles. The molecule has 0 saturated heterocycles. The number of carbonyl (C=O) groups excluding carboxylic acids is 2. The maximum Gasteiger partial charge on any atom is 0.242 e. The molecule has 9 heteroatoms. The maximum atomic E-state index is 13.2. The number of rotatable bonds is 11. The van der Waals surface area contributed by atoms with Gasteiger partial charge in [-0.05, 0) is 48.2 Å². The largest absolute Gasteiger partial charge is 0.354 e. The fourth-order valence-corrected chi connectivity index (χ4v) is 4.88. The van der Waals surface area contributed by atoms with E-state index in [0.29, 0.717) is 38.8 Å². The highest BCUT2D eigenvalue weighted by Gasteiger charge is 2.28. The summed E-state index contributed by atoms with van der Waals surface area (Å²) in [4.78, 5) is 27.6. The van der Waals surface area contributed by atoms with Crippen molar-refractivity contribution in [3.63, 3.8) is 0 Å². The molecule has 174 valence electrons. The molecule has 32 heavy (non-hydrogen) atoms. The van der Waals surface area contributed by atoms with Crippen molar-refractivity contribution in [1.82, 2.24) is 10.2 Å². The number of thioether (sulfide) groups is 1. The molecule has 0 radical (unpaired) electrons. The summed E-state index contributed by atoms with van der Waals surface area (Å²) in [5.74, 6) is 0.470. The van der Waals surface area contributed by atoms with Crippen LogP contribution >= 0.6 is 58.2 Å². The van der Waals surface area contributed by atoms with Gasteiger partial charge < -0.3 is 10.2 Å². The molecule has 0 aliphatic heterocycles. The average Bonchev–Trinajstić information content (AvgIpc) is 2.76. The van der Waals surface area contributed by atoms with Crippen LogP contribution in [-0.4, -0.2) is 35.1 Å². The third kappa shape index (κ3) is 8.03. The zero-order chi connectivity index (χ0) is 23.7. The van der Waals surface area contributed by atoms with Crippen LogP contribution in [0.5, 0.6) is 0 Å². The molecule has 0 aliphatic rings. The number of nitrogens with one attached hydrogen (secondary N) is 1. The van der Waals surface area contributed by atoms with Gasteiger partial charge in [0.1, 0.15) is 6.04 Å². The zero-order valence-electron chi connectivity index (χ0n) is 18.0. The highest BCUT2D eigenvalue weighted by Crippen LogP contribution is 2.26. The fraction of sp³-hybridized carbons (Fsp3) is 0.391. The van der Waals surface area contributed by atoms with Crippen LogP contribution in [0.25, 0.3) is 0 Å². The summed E-state index contributed by atoms with van der Waals surface area (Å²) in [5, 5.41) is 4.88. The predicted octanol–water partition coefficient (Wildman–Crippen LogP) is 6.87. The third-order valence-corrected chi connectivity index (χ3v) is 7.06. The summed E-state index contributed by atoms with van der Waals surface area (Å²) in [5.41, 5.74) is 1.71. The van der Waals surface area contributed by atoms with Crippen LogP contribution in [0, 0.1) is 0 Å². The number of carbonyl (C=O) groups is 2. The quantitative estimate of drug-likeness (QED) is 0.341. The average molecular weight is 536 g/mol. The number of halogens is 4. The Morgan fingerprint density at radius 1 is 1.00 bits per heavy atom. The van der Waals surface area contributed by atoms with Crippen LogP contribution in [0.4, 0.5) is 0 Å². The Morgan fingerprint density at radius 2 is 1.75 bits per heavy atom. The minimum absolute atomic E-state index is 0.135. The number of benzene rings is 2. The first-order chi connectivity index (χ1) is 15.3. The maximum absolute atomic E-state index is 13.2. The molecule has 0 unspecified atom stereocenters. The van der Waals surface area contributed by atoms with E-state index in [-0.39, 0.29) is 24.1 Å². The van der Waals surface area contributed by atoms with Crippen molar-refractivity contribution < 1.29 is 9.59 Å². The first-order valence-electron chi connectivity index (χ1n) is 10.3. The molecule has 0 spiro atoms. The van der Waals surface area contributed by atoms with Gasteiger partial charge in [0.05, 0.1) is 15.8 Å². The lowest BCUT2D eigenvalue weighted by atomic mass is 10.1. The van der Waals surface area contributed by atoms with E-state index < -0.39 is 6.04 Å². The van der Waals surface area contributed by atoms with Crippen molar-refractivity contribution in [3.05, 3.63) is 67.6 Å². The predicted molar refractivity (Wildman–Crippen MR) is 137 cm³/mol. The topological polar surface area (TPSA) is 49.4 Å². The van der Waals surface area contributed by atoms with E-state index in [2.05, 4.69) is 5.32 Å². The number of amides is 2. The molecule has 2 amide bonds. The molecule has 0 fully saturated rings. The molecule has 0 aliphatic carbocycles. The lowest BCUT2D eigenvalue weighted by Crippen LogP contribution is -2.49. The van der Waals surface area contributed by atoms with Gasteiger partial charge in [0, 0.05) is 28.9 Å². The number of nitrogens with zero attached hydrogens (tertiary/aromatic N) is 1. The van der Waals surface area contributed by atoms with Crippen molar-refractivity contribution in [1.29, 1.82) is 0 Å². The van der Waals surface area contributed by atoms with Gasteiger partial charge >= 0.3 is 0 Å². The van der Waals surface area contributed by atoms with Gasteiger partial charge in [-0.1, -0.05) is 72.4 Å². The second-order valence-corrected chi connectivity index (χ2v) is 9.86. The minimum Gasteiger partial charge on any atom is -0.354 e. The number of hydrogen-bond donors (Lipinski definition) is 1. The molecule has 0 bridgehead atoms. The molecule has 0 aromatic heterocycles. The Kier molecular flexibility index (Phi) is 11.5. The lowest BCUT2D eigenvalue weighted by molar-refractivity contribution is -0.139. The highest BCUT2D eigenvalue weighted by atomic mass is 35.5. The smallest absolute Gasteiger partial charge is 0.242 e. The molecule has 4 nitrogen and oxygen atoms in total. The second-order valence-electron chi connectivity index (χ2n) is 7.21. The van der Waals surface area contributed by atoms with Gasteiger partial charge in [-0.25, -0.2) is 0 Å². The monoisotopic (exact) mass is 534 g/mol.